The molecule has 7 rings (SSSR count). The van der Waals surface area contributed by atoms with Gasteiger partial charge in [-0.2, -0.15) is 13.2 Å². The van der Waals surface area contributed by atoms with Crippen molar-refractivity contribution in [2.24, 2.45) is 24.8 Å². The molecule has 2 amide bonds. The summed E-state index contributed by atoms with van der Waals surface area (Å²) in [6.45, 7) is 3.36. The zero-order valence-electron chi connectivity index (χ0n) is 26.8. The first-order chi connectivity index (χ1) is 23.3. The smallest absolute Gasteiger partial charge is 0.370 e. The number of aryl methyl sites for hydroxylation is 2. The number of fused-ring (bicyclic) bond motifs is 2. The molecule has 0 spiro atoms. The molecule has 0 radical (unpaired) electrons. The predicted octanol–water partition coefficient (Wildman–Crippen LogP) is 6.74. The summed E-state index contributed by atoms with van der Waals surface area (Å²) in [5.41, 5.74) is 9.72. The van der Waals surface area contributed by atoms with E-state index in [4.69, 9.17) is 38.4 Å². The van der Waals surface area contributed by atoms with Gasteiger partial charge in [-0.05, 0) is 74.6 Å². The van der Waals surface area contributed by atoms with Gasteiger partial charge in [-0.25, -0.2) is 4.98 Å². The van der Waals surface area contributed by atoms with Gasteiger partial charge < -0.3 is 35.7 Å². The molecule has 2 aromatic heterocycles. The fourth-order valence-corrected chi connectivity index (χ4v) is 7.62. The summed E-state index contributed by atoms with van der Waals surface area (Å²) in [7, 11) is 1.83. The number of nitrogens with two attached hydrogens (primary N) is 1. The van der Waals surface area contributed by atoms with Gasteiger partial charge in [0.05, 0.1) is 49.6 Å². The second-order valence-electron chi connectivity index (χ2n) is 13.3. The lowest BCUT2D eigenvalue weighted by molar-refractivity contribution is -0.182. The van der Waals surface area contributed by atoms with E-state index in [1.54, 1.807) is 25.1 Å². The second-order valence-corrected chi connectivity index (χ2v) is 14.1. The van der Waals surface area contributed by atoms with Crippen molar-refractivity contribution in [2.45, 2.75) is 57.8 Å². The first-order valence-corrected chi connectivity index (χ1v) is 16.9. The molecule has 16 heteroatoms. The molecule has 5 N–H and O–H groups in total. The Morgan fingerprint density at radius 3 is 2.45 bits per heavy atom. The number of alkyl halides is 3. The summed E-state index contributed by atoms with van der Waals surface area (Å²) in [4.78, 5) is 33.5. The van der Waals surface area contributed by atoms with Gasteiger partial charge in [0, 0.05) is 32.7 Å². The lowest BCUT2D eigenvalue weighted by Crippen LogP contribution is -2.40. The molecule has 2 unspecified atom stereocenters. The van der Waals surface area contributed by atoms with Gasteiger partial charge >= 0.3 is 6.18 Å². The summed E-state index contributed by atoms with van der Waals surface area (Å²) >= 11 is 13.4. The Kier molecular flexibility index (Phi) is 8.58. The Morgan fingerprint density at radius 2 is 1.80 bits per heavy atom. The highest BCUT2D eigenvalue weighted by Gasteiger charge is 2.46. The van der Waals surface area contributed by atoms with Crippen LogP contribution in [0.25, 0.3) is 11.0 Å². The van der Waals surface area contributed by atoms with Crippen LogP contribution in [0, 0.1) is 24.7 Å². The van der Waals surface area contributed by atoms with E-state index >= 15 is 0 Å². The summed E-state index contributed by atoms with van der Waals surface area (Å²) in [5, 5.41) is 13.3. The van der Waals surface area contributed by atoms with Gasteiger partial charge in [0.2, 0.25) is 11.8 Å². The van der Waals surface area contributed by atoms with Crippen LogP contribution in [-0.2, 0) is 13.6 Å². The molecule has 11 nitrogen and oxygen atoms in total. The molecule has 1 saturated heterocycles. The lowest BCUT2D eigenvalue weighted by Gasteiger charge is -2.31. The van der Waals surface area contributed by atoms with E-state index in [-0.39, 0.29) is 60.6 Å². The number of amides is 2. The monoisotopic (exact) mass is 718 g/mol. The summed E-state index contributed by atoms with van der Waals surface area (Å²) in [5.74, 6) is -0.581. The maximum atomic E-state index is 13.7. The molecule has 49 heavy (non-hydrogen) atoms. The number of nitrogens with zero attached hydrogens (tertiary/aromatic N) is 4. The molecular weight excluding hydrogens is 684 g/mol. The normalized spacial score (nSPS) is 21.9. The highest BCUT2D eigenvalue weighted by molar-refractivity contribution is 6.39. The van der Waals surface area contributed by atoms with Crippen molar-refractivity contribution in [1.29, 1.82) is 0 Å². The van der Waals surface area contributed by atoms with E-state index in [0.29, 0.717) is 50.8 Å². The topological polar surface area (TPSA) is 143 Å². The van der Waals surface area contributed by atoms with E-state index in [2.05, 4.69) is 26.0 Å². The van der Waals surface area contributed by atoms with E-state index in [1.807, 2.05) is 17.7 Å². The fraction of sp³-hybridized carbons (Fsp3) is 0.455. The number of rotatable bonds is 8. The number of halogens is 5. The zero-order chi connectivity index (χ0) is 34.8. The van der Waals surface area contributed by atoms with Crippen LogP contribution in [0.5, 0.6) is 0 Å². The maximum Gasteiger partial charge on any atom is 0.391 e. The van der Waals surface area contributed by atoms with Crippen LogP contribution in [0.2, 0.25) is 10.0 Å². The third kappa shape index (κ3) is 6.48. The highest BCUT2D eigenvalue weighted by atomic mass is 35.5. The average molecular weight is 720 g/mol. The molecule has 3 fully saturated rings. The Hall–Kier alpha value is -4.17. The lowest BCUT2D eigenvalue weighted by atomic mass is 9.85. The number of carbonyl (C=O) groups excluding carboxylic acids is 2. The van der Waals surface area contributed by atoms with Gasteiger partial charge in [0.1, 0.15) is 5.56 Å². The molecule has 260 valence electrons. The van der Waals surface area contributed by atoms with Crippen LogP contribution in [0.3, 0.4) is 0 Å². The minimum atomic E-state index is -4.22. The quantitative estimate of drug-likeness (QED) is 0.157. The van der Waals surface area contributed by atoms with E-state index in [0.717, 1.165) is 24.3 Å². The van der Waals surface area contributed by atoms with Crippen LogP contribution >= 0.6 is 23.2 Å². The number of benzene rings is 2. The number of piperidine rings is 1. The number of hydrogen-bond donors (Lipinski definition) is 4. The molecule has 2 aliphatic carbocycles. The van der Waals surface area contributed by atoms with Crippen molar-refractivity contribution in [3.05, 3.63) is 56.7 Å². The highest BCUT2D eigenvalue weighted by Crippen LogP contribution is 2.47. The van der Waals surface area contributed by atoms with Crippen LogP contribution in [0.15, 0.2) is 28.8 Å². The molecule has 3 heterocycles. The van der Waals surface area contributed by atoms with Gasteiger partial charge in [0.15, 0.2) is 0 Å². The van der Waals surface area contributed by atoms with Crippen molar-refractivity contribution in [1.82, 2.24) is 25.3 Å². The van der Waals surface area contributed by atoms with Crippen LogP contribution in [-0.4, -0.2) is 51.8 Å². The third-order valence-corrected chi connectivity index (χ3v) is 10.8. The van der Waals surface area contributed by atoms with Gasteiger partial charge in [-0.3, -0.25) is 9.59 Å². The number of nitrogens with one attached hydrogen (secondary N) is 3. The molecule has 1 aliphatic heterocycles. The molecule has 2 aromatic carbocycles. The van der Waals surface area contributed by atoms with Gasteiger partial charge in [-0.15, -0.1) is 0 Å². The Morgan fingerprint density at radius 1 is 1.08 bits per heavy atom. The first kappa shape index (κ1) is 33.3. The number of carbonyl (C=O) groups is 2. The molecule has 3 aliphatic rings. The van der Waals surface area contributed by atoms with Crippen LogP contribution in [0.4, 0.5) is 36.4 Å². The van der Waals surface area contributed by atoms with E-state index in [9.17, 15) is 22.8 Å². The molecular formula is C33H35Cl2F3N8O3. The Balaban J connectivity index is 1.14. The number of nitrogen functional groups attached to an aromatic ring is 1. The summed E-state index contributed by atoms with van der Waals surface area (Å²) in [6.07, 6.45) is -2.48. The van der Waals surface area contributed by atoms with Gasteiger partial charge in [0.25, 0.3) is 11.8 Å². The second kappa shape index (κ2) is 12.6. The molecule has 2 atom stereocenters. The zero-order valence-corrected chi connectivity index (χ0v) is 28.3. The number of anilines is 4. The predicted molar refractivity (Wildman–Crippen MR) is 180 cm³/mol. The molecule has 4 aromatic rings. The summed E-state index contributed by atoms with van der Waals surface area (Å²) in [6, 6.07) is 6.70. The van der Waals surface area contributed by atoms with Crippen molar-refractivity contribution >= 4 is 69.3 Å². The number of imidazole rings is 1. The molecule has 2 saturated carbocycles. The van der Waals surface area contributed by atoms with E-state index in [1.165, 1.54) is 6.42 Å². The first-order valence-electron chi connectivity index (χ1n) is 16.1. The number of aromatic nitrogens is 3. The largest absolute Gasteiger partial charge is 0.391 e. The SMILES string of the molecule is Cc1noc(N)c1C(=O)NCc1ccc(Cl)c(Nc2nc3cc(C(=O)NC4CCC(C(F)(F)F)CC4)c(N4CC5CC5C4)cc3n2C)c1Cl. The fourth-order valence-electron chi connectivity index (χ4n) is 7.09. The molecule has 0 bridgehead atoms. The Bertz CT molecular complexity index is 1920. The average Bonchev–Trinajstić information content (AvgIpc) is 3.34. The van der Waals surface area contributed by atoms with Gasteiger partial charge in [-0.1, -0.05) is 34.4 Å². The minimum absolute atomic E-state index is 0.0000453. The third-order valence-electron chi connectivity index (χ3n) is 10.1. The van der Waals surface area contributed by atoms with Crippen LogP contribution in [0.1, 0.15) is 64.1 Å². The Labute approximate surface area is 289 Å². The van der Waals surface area contributed by atoms with Crippen molar-refractivity contribution in [3.63, 3.8) is 0 Å². The van der Waals surface area contributed by atoms with Crippen molar-refractivity contribution in [3.8, 4) is 0 Å². The summed E-state index contributed by atoms with van der Waals surface area (Å²) < 4.78 is 46.4. The minimum Gasteiger partial charge on any atom is -0.370 e. The maximum absolute atomic E-state index is 13.7. The van der Waals surface area contributed by atoms with E-state index < -0.39 is 18.0 Å². The number of hydrogen-bond acceptors (Lipinski definition) is 8. The standard InChI is InChI=1S/C33H35Cl2F3N8O3/c1-15-26(29(39)49-44-15)31(48)40-12-16-3-8-22(34)28(27(16)35)43-32-42-23-10-21(30(47)41-20-6-4-19(5-7-20)33(36,37)38)24(11-25(23)45(32)2)46-13-17-9-18(17)14-46/h3,8,10-11,17-20H,4-7,9,12-14,39H2,1-2H3,(H,40,48)(H,41,47)(H,42,43). The van der Waals surface area contributed by atoms with Crippen molar-refractivity contribution in [2.75, 3.05) is 29.0 Å². The van der Waals surface area contributed by atoms with Crippen LogP contribution < -0.4 is 26.6 Å². The van der Waals surface area contributed by atoms with Crippen molar-refractivity contribution < 1.29 is 27.3 Å².